The molecule has 0 saturated heterocycles. The van der Waals surface area contributed by atoms with Gasteiger partial charge in [0, 0.05) is 6.20 Å². The van der Waals surface area contributed by atoms with Gasteiger partial charge >= 0.3 is 6.18 Å². The van der Waals surface area contributed by atoms with Crippen LogP contribution < -0.4 is 10.7 Å². The number of alkyl halides is 3. The van der Waals surface area contributed by atoms with E-state index in [1.54, 1.807) is 0 Å². The van der Waals surface area contributed by atoms with Crippen molar-refractivity contribution in [3.8, 4) is 5.69 Å². The van der Waals surface area contributed by atoms with Gasteiger partial charge in [-0.3, -0.25) is 14.2 Å². The summed E-state index contributed by atoms with van der Waals surface area (Å²) in [4.78, 5) is 29.5. The number of hydrogen-bond donors (Lipinski definition) is 1. The minimum atomic E-state index is -4.71. The van der Waals surface area contributed by atoms with Crippen LogP contribution in [0.1, 0.15) is 23.7 Å². The van der Waals surface area contributed by atoms with Gasteiger partial charge in [0.1, 0.15) is 28.2 Å². The number of benzene rings is 1. The lowest BCUT2D eigenvalue weighted by Gasteiger charge is -2.20. The van der Waals surface area contributed by atoms with E-state index in [-0.39, 0.29) is 31.9 Å². The zero-order valence-electron chi connectivity index (χ0n) is 15.5. The highest BCUT2D eigenvalue weighted by atomic mass is 35.5. The molecule has 3 rings (SSSR count). The molecule has 2 heterocycles. The Morgan fingerprint density at radius 2 is 1.81 bits per heavy atom. The number of carbonyl (C=O) groups is 1. The van der Waals surface area contributed by atoms with E-state index in [9.17, 15) is 27.2 Å². The number of rotatable bonds is 4. The average Bonchev–Trinajstić information content (AvgIpc) is 2.65. The number of nitrogens with one attached hydrogen (secondary N) is 1. The Bertz CT molecular complexity index is 1220. The second-order valence-electron chi connectivity index (χ2n) is 6.44. The van der Waals surface area contributed by atoms with Gasteiger partial charge in [0.25, 0.3) is 5.91 Å². The van der Waals surface area contributed by atoms with Crippen molar-refractivity contribution in [1.29, 1.82) is 0 Å². The molecule has 1 amide bonds. The van der Waals surface area contributed by atoms with Crippen LogP contribution in [0, 0.1) is 5.82 Å². The summed E-state index contributed by atoms with van der Waals surface area (Å²) < 4.78 is 54.0. The Balaban J connectivity index is 2.29. The summed E-state index contributed by atoms with van der Waals surface area (Å²) in [5, 5.41) is 1.28. The van der Waals surface area contributed by atoms with Gasteiger partial charge in [-0.1, -0.05) is 41.7 Å². The van der Waals surface area contributed by atoms with Gasteiger partial charge < -0.3 is 5.32 Å². The monoisotopic (exact) mass is 495 g/mol. The molecule has 0 spiro atoms. The van der Waals surface area contributed by atoms with Gasteiger partial charge in [-0.05, 0) is 30.7 Å². The summed E-state index contributed by atoms with van der Waals surface area (Å²) in [7, 11) is 0. The number of pyridine rings is 2. The van der Waals surface area contributed by atoms with E-state index in [2.05, 4.69) is 4.98 Å². The molecule has 0 aliphatic carbocycles. The quantitative estimate of drug-likeness (QED) is 0.380. The molecule has 5 nitrogen and oxygen atoms in total. The van der Waals surface area contributed by atoms with Crippen LogP contribution in [0.4, 0.5) is 17.6 Å². The van der Waals surface area contributed by atoms with Crippen LogP contribution in [0.25, 0.3) is 16.7 Å². The van der Waals surface area contributed by atoms with Crippen molar-refractivity contribution in [2.75, 3.05) is 0 Å². The lowest BCUT2D eigenvalue weighted by Crippen LogP contribution is -2.46. The number of fused-ring (bicyclic) bond motifs is 1. The molecule has 0 bridgehead atoms. The number of aromatic nitrogens is 2. The van der Waals surface area contributed by atoms with Crippen LogP contribution in [-0.2, 0) is 0 Å². The smallest absolute Gasteiger partial charge is 0.340 e. The SMILES string of the molecule is CC[C@H](NC(=O)c1cn(-c2c(Cl)cc(F)cc2Cl)c2nc(Cl)ccc2c1=O)C(F)(F)F. The summed E-state index contributed by atoms with van der Waals surface area (Å²) >= 11 is 18.1. The predicted octanol–water partition coefficient (Wildman–Crippen LogP) is 5.56. The third-order valence-corrected chi connectivity index (χ3v) is 5.18. The molecule has 31 heavy (non-hydrogen) atoms. The van der Waals surface area contributed by atoms with Crippen molar-refractivity contribution < 1.29 is 22.4 Å². The van der Waals surface area contributed by atoms with Gasteiger partial charge in [0.05, 0.1) is 21.1 Å². The molecule has 1 aromatic carbocycles. The molecular formula is C19H12Cl3F4N3O2. The molecule has 0 radical (unpaired) electrons. The van der Waals surface area contributed by atoms with E-state index in [0.717, 1.165) is 22.9 Å². The third-order valence-electron chi connectivity index (χ3n) is 4.39. The maximum Gasteiger partial charge on any atom is 0.408 e. The van der Waals surface area contributed by atoms with Crippen LogP contribution in [0.15, 0.2) is 35.3 Å². The zero-order valence-corrected chi connectivity index (χ0v) is 17.8. The van der Waals surface area contributed by atoms with Gasteiger partial charge in [-0.25, -0.2) is 9.37 Å². The first-order chi connectivity index (χ1) is 14.4. The first kappa shape index (κ1) is 23.3. The van der Waals surface area contributed by atoms with Gasteiger partial charge in [0.15, 0.2) is 0 Å². The highest BCUT2D eigenvalue weighted by Gasteiger charge is 2.39. The van der Waals surface area contributed by atoms with E-state index >= 15 is 0 Å². The molecule has 0 saturated carbocycles. The molecular weight excluding hydrogens is 485 g/mol. The van der Waals surface area contributed by atoms with E-state index < -0.39 is 41.4 Å². The van der Waals surface area contributed by atoms with Crippen molar-refractivity contribution in [1.82, 2.24) is 14.9 Å². The Labute approximate surface area is 187 Å². The van der Waals surface area contributed by atoms with Crippen molar-refractivity contribution >= 4 is 51.7 Å². The van der Waals surface area contributed by atoms with Crippen molar-refractivity contribution in [2.24, 2.45) is 0 Å². The van der Waals surface area contributed by atoms with Crippen molar-refractivity contribution in [2.45, 2.75) is 25.6 Å². The van der Waals surface area contributed by atoms with Crippen molar-refractivity contribution in [3.05, 3.63) is 67.3 Å². The lowest BCUT2D eigenvalue weighted by atomic mass is 10.1. The van der Waals surface area contributed by atoms with Crippen LogP contribution in [0.3, 0.4) is 0 Å². The van der Waals surface area contributed by atoms with E-state index in [1.165, 1.54) is 19.1 Å². The van der Waals surface area contributed by atoms with Crippen LogP contribution in [0.5, 0.6) is 0 Å². The molecule has 0 aliphatic heterocycles. The zero-order chi connectivity index (χ0) is 23.1. The fourth-order valence-corrected chi connectivity index (χ4v) is 3.71. The lowest BCUT2D eigenvalue weighted by molar-refractivity contribution is -0.153. The third kappa shape index (κ3) is 4.63. The minimum Gasteiger partial charge on any atom is -0.340 e. The second kappa shape index (κ2) is 8.64. The standard InChI is InChI=1S/C19H12Cl3F4N3O2/c1-2-13(19(24,25)26)27-18(31)10-7-29(15-11(20)5-8(23)6-12(15)21)17-9(16(10)30)3-4-14(22)28-17/h3-7,13H,2H2,1H3,(H,27,31)/t13-/m0/s1. The Hall–Kier alpha value is -2.36. The first-order valence-corrected chi connectivity index (χ1v) is 9.81. The normalized spacial score (nSPS) is 12.8. The number of amides is 1. The Kier molecular flexibility index (Phi) is 6.50. The molecule has 0 aliphatic rings. The van der Waals surface area contributed by atoms with Gasteiger partial charge in [0.2, 0.25) is 5.43 Å². The van der Waals surface area contributed by atoms with Crippen LogP contribution in [-0.4, -0.2) is 27.7 Å². The molecule has 1 N–H and O–H groups in total. The highest BCUT2D eigenvalue weighted by Crippen LogP contribution is 2.32. The fraction of sp³-hybridized carbons (Fsp3) is 0.211. The van der Waals surface area contributed by atoms with Crippen molar-refractivity contribution in [3.63, 3.8) is 0 Å². The maximum atomic E-state index is 13.6. The summed E-state index contributed by atoms with van der Waals surface area (Å²) in [6, 6.07) is 2.24. The van der Waals surface area contributed by atoms with Crippen LogP contribution in [0.2, 0.25) is 15.2 Å². The summed E-state index contributed by atoms with van der Waals surface area (Å²) in [5.41, 5.74) is -1.61. The van der Waals surface area contributed by atoms with E-state index in [0.29, 0.717) is 0 Å². The Morgan fingerprint density at radius 1 is 1.19 bits per heavy atom. The number of halogens is 7. The maximum absolute atomic E-state index is 13.6. The number of hydrogen-bond acceptors (Lipinski definition) is 3. The number of carbonyl (C=O) groups excluding carboxylic acids is 1. The summed E-state index contributed by atoms with van der Waals surface area (Å²) in [6.45, 7) is 1.24. The molecule has 0 fully saturated rings. The topological polar surface area (TPSA) is 64.0 Å². The Morgan fingerprint density at radius 3 is 2.35 bits per heavy atom. The predicted molar refractivity (Wildman–Crippen MR) is 110 cm³/mol. The van der Waals surface area contributed by atoms with Gasteiger partial charge in [-0.15, -0.1) is 0 Å². The number of nitrogens with zero attached hydrogens (tertiary/aromatic N) is 2. The van der Waals surface area contributed by atoms with Gasteiger partial charge in [-0.2, -0.15) is 13.2 Å². The highest BCUT2D eigenvalue weighted by molar-refractivity contribution is 6.38. The molecule has 2 aromatic heterocycles. The molecule has 0 unspecified atom stereocenters. The fourth-order valence-electron chi connectivity index (χ4n) is 2.93. The second-order valence-corrected chi connectivity index (χ2v) is 7.64. The minimum absolute atomic E-state index is 0.0182. The molecule has 164 valence electrons. The molecule has 12 heteroatoms. The first-order valence-electron chi connectivity index (χ1n) is 8.68. The average molecular weight is 497 g/mol. The molecule has 1 atom stereocenters. The van der Waals surface area contributed by atoms with E-state index in [1.807, 2.05) is 5.32 Å². The molecule has 3 aromatic rings. The largest absolute Gasteiger partial charge is 0.408 e. The van der Waals surface area contributed by atoms with Crippen LogP contribution >= 0.6 is 34.8 Å². The van der Waals surface area contributed by atoms with E-state index in [4.69, 9.17) is 34.8 Å². The summed E-state index contributed by atoms with van der Waals surface area (Å²) in [6.07, 6.45) is -4.21. The summed E-state index contributed by atoms with van der Waals surface area (Å²) in [5.74, 6) is -2.00.